The van der Waals surface area contributed by atoms with Crippen molar-refractivity contribution in [3.05, 3.63) is 41.9 Å². The Bertz CT molecular complexity index is 914. The van der Waals surface area contributed by atoms with E-state index in [4.69, 9.17) is 26.8 Å². The van der Waals surface area contributed by atoms with Crippen molar-refractivity contribution in [2.24, 2.45) is 16.6 Å². The molecule has 9 nitrogen and oxygen atoms in total. The van der Waals surface area contributed by atoms with Crippen LogP contribution in [0.2, 0.25) is 0 Å². The number of nitrogens with two attached hydrogens (primary N) is 1. The van der Waals surface area contributed by atoms with Gasteiger partial charge in [-0.1, -0.05) is 26.0 Å². The number of carbonyl (C=O) groups excluding carboxylic acids is 1. The predicted octanol–water partition coefficient (Wildman–Crippen LogP) is 3.60. The number of halogens is 1. The maximum Gasteiger partial charge on any atom is 0.407 e. The molecule has 1 amide bonds. The molecule has 31 heavy (non-hydrogen) atoms. The largest absolute Gasteiger partial charge is 0.493 e. The number of anilines is 1. The number of nitrogens with zero attached hydrogens (tertiary/aromatic N) is 3. The second-order valence-corrected chi connectivity index (χ2v) is 8.07. The minimum absolute atomic E-state index is 0.249. The van der Waals surface area contributed by atoms with Crippen molar-refractivity contribution in [2.75, 3.05) is 18.5 Å². The number of ether oxygens (including phenoxy) is 2. The van der Waals surface area contributed by atoms with Gasteiger partial charge in [0.25, 0.3) is 0 Å². The number of benzene rings is 1. The Hall–Kier alpha value is -2.78. The fourth-order valence-electron chi connectivity index (χ4n) is 3.02. The van der Waals surface area contributed by atoms with Crippen molar-refractivity contribution in [3.63, 3.8) is 0 Å². The van der Waals surface area contributed by atoms with Crippen LogP contribution in [0.1, 0.15) is 44.1 Å². The second-order valence-electron chi connectivity index (χ2n) is 7.71. The van der Waals surface area contributed by atoms with Gasteiger partial charge in [-0.15, -0.1) is 0 Å². The van der Waals surface area contributed by atoms with E-state index >= 15 is 0 Å². The molecule has 0 saturated carbocycles. The maximum atomic E-state index is 11.9. The first-order chi connectivity index (χ1) is 14.9. The number of unbranched alkanes of at least 4 members (excludes halogenated alkanes) is 1. The van der Waals surface area contributed by atoms with Crippen LogP contribution >= 0.6 is 11.6 Å². The minimum Gasteiger partial charge on any atom is -0.493 e. The van der Waals surface area contributed by atoms with E-state index in [0.717, 1.165) is 23.6 Å². The minimum atomic E-state index is -0.556. The molecule has 1 atom stereocenters. The molecule has 2 heterocycles. The van der Waals surface area contributed by atoms with Gasteiger partial charge in [0.1, 0.15) is 23.4 Å². The van der Waals surface area contributed by atoms with Gasteiger partial charge in [0, 0.05) is 13.1 Å². The summed E-state index contributed by atoms with van der Waals surface area (Å²) in [6, 6.07) is 7.68. The fraction of sp³-hybridized carbons (Fsp3) is 0.476. The SMILES string of the molecule is CC(C)COc1cccc(CNC(=O)OCCCCn2cnc3c2NC(Cl)=NC3N)c1. The van der Waals surface area contributed by atoms with Gasteiger partial charge in [-0.2, -0.15) is 0 Å². The lowest BCUT2D eigenvalue weighted by Gasteiger charge is -2.17. The summed E-state index contributed by atoms with van der Waals surface area (Å²) in [6.07, 6.45) is 2.22. The first-order valence-corrected chi connectivity index (χ1v) is 10.7. The molecule has 1 aromatic carbocycles. The van der Waals surface area contributed by atoms with Gasteiger partial charge >= 0.3 is 6.09 Å². The van der Waals surface area contributed by atoms with E-state index in [0.29, 0.717) is 44.3 Å². The standard InChI is InChI=1S/C21H29ClN6O3/c1-14(2)12-31-16-7-5-6-15(10-16)11-24-21(29)30-9-4-3-8-28-13-25-17-18(23)26-20(22)27-19(17)28/h5-7,10,13-14,18H,3-4,8-9,11-12,23H2,1-2H3,(H,24,29)(H,26,27). The Balaban J connectivity index is 1.33. The van der Waals surface area contributed by atoms with E-state index < -0.39 is 12.3 Å². The van der Waals surface area contributed by atoms with Crippen molar-refractivity contribution in [1.82, 2.24) is 14.9 Å². The number of hydrogen-bond acceptors (Lipinski definition) is 7. The first kappa shape index (κ1) is 22.9. The summed E-state index contributed by atoms with van der Waals surface area (Å²) in [5.41, 5.74) is 7.53. The summed E-state index contributed by atoms with van der Waals surface area (Å²) in [7, 11) is 0. The normalized spacial score (nSPS) is 15.1. The Morgan fingerprint density at radius 2 is 2.23 bits per heavy atom. The van der Waals surface area contributed by atoms with Crippen LogP contribution in [0, 0.1) is 5.92 Å². The van der Waals surface area contributed by atoms with Crippen molar-refractivity contribution in [3.8, 4) is 5.75 Å². The third-order valence-corrected chi connectivity index (χ3v) is 4.76. The third-order valence-electron chi connectivity index (χ3n) is 4.57. The van der Waals surface area contributed by atoms with Gasteiger partial charge in [-0.05, 0) is 48.1 Å². The number of imidazole rings is 1. The highest BCUT2D eigenvalue weighted by Gasteiger charge is 2.22. The molecule has 0 spiro atoms. The second kappa shape index (κ2) is 11.0. The van der Waals surface area contributed by atoms with E-state index in [1.165, 1.54) is 0 Å². The van der Waals surface area contributed by atoms with Gasteiger partial charge in [-0.25, -0.2) is 14.8 Å². The topological polar surface area (TPSA) is 116 Å². The molecule has 10 heteroatoms. The lowest BCUT2D eigenvalue weighted by molar-refractivity contribution is 0.143. The van der Waals surface area contributed by atoms with Gasteiger partial charge in [-0.3, -0.25) is 0 Å². The monoisotopic (exact) mass is 448 g/mol. The van der Waals surface area contributed by atoms with Gasteiger partial charge < -0.3 is 30.4 Å². The molecule has 1 aliphatic heterocycles. The zero-order valence-electron chi connectivity index (χ0n) is 17.8. The number of rotatable bonds is 10. The number of amidine groups is 1. The molecular formula is C21H29ClN6O3. The summed E-state index contributed by atoms with van der Waals surface area (Å²) in [5, 5.41) is 5.99. The maximum absolute atomic E-state index is 11.9. The summed E-state index contributed by atoms with van der Waals surface area (Å²) < 4.78 is 12.9. The number of nitrogens with one attached hydrogen (secondary N) is 2. The molecule has 168 valence electrons. The van der Waals surface area contributed by atoms with Crippen molar-refractivity contribution in [1.29, 1.82) is 0 Å². The van der Waals surface area contributed by atoms with E-state index in [-0.39, 0.29) is 5.29 Å². The van der Waals surface area contributed by atoms with Crippen LogP contribution in [0.5, 0.6) is 5.75 Å². The Morgan fingerprint density at radius 1 is 1.39 bits per heavy atom. The molecule has 0 fully saturated rings. The number of alkyl carbamates (subject to hydrolysis) is 1. The van der Waals surface area contributed by atoms with E-state index in [1.54, 1.807) is 6.33 Å². The number of aromatic nitrogens is 2. The predicted molar refractivity (Wildman–Crippen MR) is 120 cm³/mol. The Morgan fingerprint density at radius 3 is 3.03 bits per heavy atom. The lowest BCUT2D eigenvalue weighted by Crippen LogP contribution is -2.24. The summed E-state index contributed by atoms with van der Waals surface area (Å²) in [5.74, 6) is 2.01. The van der Waals surface area contributed by atoms with E-state index in [1.807, 2.05) is 28.8 Å². The molecule has 0 aliphatic carbocycles. The number of aryl methyl sites for hydroxylation is 1. The number of aliphatic imine (C=N–C) groups is 1. The van der Waals surface area contributed by atoms with Gasteiger partial charge in [0.15, 0.2) is 5.29 Å². The first-order valence-electron chi connectivity index (χ1n) is 10.4. The molecule has 0 radical (unpaired) electrons. The average molecular weight is 449 g/mol. The molecule has 1 aromatic heterocycles. The molecule has 0 saturated heterocycles. The molecule has 1 unspecified atom stereocenters. The van der Waals surface area contributed by atoms with Gasteiger partial charge in [0.05, 0.1) is 19.5 Å². The van der Waals surface area contributed by atoms with Gasteiger partial charge in [0.2, 0.25) is 0 Å². The molecule has 4 N–H and O–H groups in total. The third kappa shape index (κ3) is 6.86. The molecule has 3 rings (SSSR count). The molecule has 2 aromatic rings. The van der Waals surface area contributed by atoms with E-state index in [9.17, 15) is 4.79 Å². The van der Waals surface area contributed by atoms with Crippen LogP contribution in [0.25, 0.3) is 0 Å². The zero-order valence-corrected chi connectivity index (χ0v) is 18.6. The fourth-order valence-corrected chi connectivity index (χ4v) is 3.21. The highest BCUT2D eigenvalue weighted by molar-refractivity contribution is 6.67. The van der Waals surface area contributed by atoms with Crippen LogP contribution in [-0.2, 0) is 17.8 Å². The number of amides is 1. The quantitative estimate of drug-likeness (QED) is 0.377. The van der Waals surface area contributed by atoms with Crippen molar-refractivity contribution >= 4 is 28.8 Å². The molecular weight excluding hydrogens is 420 g/mol. The van der Waals surface area contributed by atoms with E-state index in [2.05, 4.69) is 34.5 Å². The van der Waals surface area contributed by atoms with Crippen molar-refractivity contribution < 1.29 is 14.3 Å². The highest BCUT2D eigenvalue weighted by Crippen LogP contribution is 2.26. The molecule has 0 bridgehead atoms. The van der Waals surface area contributed by atoms with Crippen LogP contribution < -0.4 is 21.1 Å². The average Bonchev–Trinajstić information content (AvgIpc) is 3.14. The van der Waals surface area contributed by atoms with Crippen LogP contribution in [0.15, 0.2) is 35.6 Å². The van der Waals surface area contributed by atoms with Crippen molar-refractivity contribution in [2.45, 2.75) is 45.9 Å². The summed E-state index contributed by atoms with van der Waals surface area (Å²) in [6.45, 7) is 6.26. The highest BCUT2D eigenvalue weighted by atomic mass is 35.5. The number of fused-ring (bicyclic) bond motifs is 1. The number of carbonyl (C=O) groups is 1. The molecule has 1 aliphatic rings. The lowest BCUT2D eigenvalue weighted by atomic mass is 10.2. The van der Waals surface area contributed by atoms with Crippen LogP contribution in [0.3, 0.4) is 0 Å². The summed E-state index contributed by atoms with van der Waals surface area (Å²) in [4.78, 5) is 20.3. The summed E-state index contributed by atoms with van der Waals surface area (Å²) >= 11 is 5.94. The smallest absolute Gasteiger partial charge is 0.407 e. The Labute approximate surface area is 187 Å². The zero-order chi connectivity index (χ0) is 22.2. The van der Waals surface area contributed by atoms with Crippen LogP contribution in [0.4, 0.5) is 10.6 Å². The van der Waals surface area contributed by atoms with Crippen LogP contribution in [-0.4, -0.2) is 34.2 Å². The number of hydrogen-bond donors (Lipinski definition) is 3. The Kier molecular flexibility index (Phi) is 8.13.